The number of thioether (sulfide) groups is 1. The highest BCUT2D eigenvalue weighted by Crippen LogP contribution is 2.33. The van der Waals surface area contributed by atoms with Crippen LogP contribution in [0.5, 0.6) is 0 Å². The van der Waals surface area contributed by atoms with Gasteiger partial charge in [-0.05, 0) is 19.9 Å². The molecule has 1 saturated heterocycles. The first kappa shape index (κ1) is 9.40. The van der Waals surface area contributed by atoms with Crippen molar-refractivity contribution in [1.82, 2.24) is 4.90 Å². The second-order valence-corrected chi connectivity index (χ2v) is 4.77. The van der Waals surface area contributed by atoms with Gasteiger partial charge in [0.1, 0.15) is 0 Å². The highest BCUT2D eigenvalue weighted by atomic mass is 32.2. The Hall–Kier alpha value is 0.310. The van der Waals surface area contributed by atoms with Gasteiger partial charge in [-0.25, -0.2) is 0 Å². The smallest absolute Gasteiger partial charge is 0.0583 e. The molecule has 0 bridgehead atoms. The predicted octanol–water partition coefficient (Wildman–Crippen LogP) is 2.43. The zero-order chi connectivity index (χ0) is 8.43. The molecule has 1 aliphatic rings. The normalized spacial score (nSPS) is 36.0. The minimum Gasteiger partial charge on any atom is -0.291 e. The Balaban J connectivity index is 2.47. The van der Waals surface area contributed by atoms with E-state index >= 15 is 0 Å². The number of nitrogens with zero attached hydrogens (tertiary/aromatic N) is 1. The summed E-state index contributed by atoms with van der Waals surface area (Å²) in [6, 6.07) is 0.777. The van der Waals surface area contributed by atoms with Crippen LogP contribution >= 0.6 is 11.8 Å². The lowest BCUT2D eigenvalue weighted by Gasteiger charge is -2.26. The van der Waals surface area contributed by atoms with E-state index in [1.807, 2.05) is 0 Å². The Morgan fingerprint density at radius 3 is 2.64 bits per heavy atom. The predicted molar refractivity (Wildman–Crippen MR) is 52.9 cm³/mol. The topological polar surface area (TPSA) is 3.24 Å². The summed E-state index contributed by atoms with van der Waals surface area (Å²) >= 11 is 2.12. The van der Waals surface area contributed by atoms with Gasteiger partial charge in [-0.2, -0.15) is 0 Å². The van der Waals surface area contributed by atoms with Crippen LogP contribution in [0.3, 0.4) is 0 Å². The fourth-order valence-corrected chi connectivity index (χ4v) is 3.17. The van der Waals surface area contributed by atoms with Crippen LogP contribution in [0.25, 0.3) is 0 Å². The van der Waals surface area contributed by atoms with Gasteiger partial charge in [0.05, 0.1) is 5.37 Å². The number of hydrogen-bond acceptors (Lipinski definition) is 2. The van der Waals surface area contributed by atoms with Crippen LogP contribution in [0.4, 0.5) is 0 Å². The minimum absolute atomic E-state index is 0.773. The van der Waals surface area contributed by atoms with Crippen LogP contribution in [-0.4, -0.2) is 29.1 Å². The summed E-state index contributed by atoms with van der Waals surface area (Å²) in [7, 11) is 2.25. The average molecular weight is 173 g/mol. The van der Waals surface area contributed by atoms with E-state index < -0.39 is 0 Å². The summed E-state index contributed by atoms with van der Waals surface area (Å²) < 4.78 is 0. The lowest BCUT2D eigenvalue weighted by Crippen LogP contribution is -2.34. The van der Waals surface area contributed by atoms with Crippen molar-refractivity contribution in [3.63, 3.8) is 0 Å². The van der Waals surface area contributed by atoms with E-state index in [2.05, 4.69) is 44.5 Å². The van der Waals surface area contributed by atoms with Crippen LogP contribution < -0.4 is 0 Å². The van der Waals surface area contributed by atoms with Crippen LogP contribution in [0.1, 0.15) is 27.2 Å². The zero-order valence-corrected chi connectivity index (χ0v) is 8.82. The van der Waals surface area contributed by atoms with E-state index in [0.717, 1.165) is 17.3 Å². The molecule has 3 atom stereocenters. The maximum Gasteiger partial charge on any atom is 0.0583 e. The third-order valence-electron chi connectivity index (χ3n) is 2.74. The maximum absolute atomic E-state index is 2.51. The zero-order valence-electron chi connectivity index (χ0n) is 8.00. The molecule has 0 radical (unpaired) electrons. The Morgan fingerprint density at radius 2 is 2.27 bits per heavy atom. The van der Waals surface area contributed by atoms with Gasteiger partial charge in [-0.3, -0.25) is 4.90 Å². The van der Waals surface area contributed by atoms with Gasteiger partial charge in [0, 0.05) is 11.8 Å². The van der Waals surface area contributed by atoms with E-state index in [1.54, 1.807) is 0 Å². The van der Waals surface area contributed by atoms with E-state index in [1.165, 1.54) is 12.2 Å². The Morgan fingerprint density at radius 1 is 1.64 bits per heavy atom. The maximum atomic E-state index is 2.51. The van der Waals surface area contributed by atoms with Crippen molar-refractivity contribution in [2.45, 2.75) is 38.6 Å². The second-order valence-electron chi connectivity index (χ2n) is 3.62. The van der Waals surface area contributed by atoms with E-state index in [4.69, 9.17) is 0 Å². The Kier molecular flexibility index (Phi) is 3.26. The van der Waals surface area contributed by atoms with E-state index in [-0.39, 0.29) is 0 Å². The molecule has 1 nitrogen and oxygen atoms in total. The molecule has 1 aliphatic heterocycles. The molecule has 11 heavy (non-hydrogen) atoms. The summed E-state index contributed by atoms with van der Waals surface area (Å²) in [6.45, 7) is 6.95. The monoisotopic (exact) mass is 173 g/mol. The van der Waals surface area contributed by atoms with Crippen LogP contribution in [0.15, 0.2) is 0 Å². The molecule has 0 aromatic heterocycles. The van der Waals surface area contributed by atoms with E-state index in [9.17, 15) is 0 Å². The molecule has 66 valence electrons. The molecule has 0 spiro atoms. The van der Waals surface area contributed by atoms with E-state index in [0.29, 0.717) is 0 Å². The van der Waals surface area contributed by atoms with Crippen LogP contribution in [0, 0.1) is 5.92 Å². The van der Waals surface area contributed by atoms with Crippen LogP contribution in [-0.2, 0) is 0 Å². The van der Waals surface area contributed by atoms with Gasteiger partial charge >= 0.3 is 0 Å². The third kappa shape index (κ3) is 1.91. The molecule has 0 aromatic carbocycles. The fraction of sp³-hybridized carbons (Fsp3) is 1.00. The summed E-state index contributed by atoms with van der Waals surface area (Å²) in [5.74, 6) is 2.15. The van der Waals surface area contributed by atoms with Gasteiger partial charge in [0.2, 0.25) is 0 Å². The summed E-state index contributed by atoms with van der Waals surface area (Å²) in [5.41, 5.74) is 0. The fourth-order valence-electron chi connectivity index (χ4n) is 1.49. The lowest BCUT2D eigenvalue weighted by molar-refractivity contribution is 0.230. The van der Waals surface area contributed by atoms with Crippen molar-refractivity contribution < 1.29 is 0 Å². The molecule has 0 amide bonds. The molecule has 1 rings (SSSR count). The summed E-state index contributed by atoms with van der Waals surface area (Å²) in [6.07, 6.45) is 1.30. The highest BCUT2D eigenvalue weighted by molar-refractivity contribution is 8.00. The molecule has 1 fully saturated rings. The van der Waals surface area contributed by atoms with Crippen molar-refractivity contribution >= 4 is 11.8 Å². The standard InChI is InChI=1S/C9H19NS/c1-5-7(2)9-10(4)8(3)6-11-9/h7-9H,5-6H2,1-4H3. The SMILES string of the molecule is CCC(C)C1SCC(C)N1C. The van der Waals surface area contributed by atoms with Gasteiger partial charge < -0.3 is 0 Å². The molecular weight excluding hydrogens is 154 g/mol. The quantitative estimate of drug-likeness (QED) is 0.631. The first-order valence-electron chi connectivity index (χ1n) is 4.50. The third-order valence-corrected chi connectivity index (χ3v) is 4.55. The summed E-state index contributed by atoms with van der Waals surface area (Å²) in [4.78, 5) is 2.51. The Bertz CT molecular complexity index is 127. The highest BCUT2D eigenvalue weighted by Gasteiger charge is 2.30. The number of rotatable bonds is 2. The average Bonchev–Trinajstić information content (AvgIpc) is 2.32. The first-order chi connectivity index (χ1) is 5.16. The number of hydrogen-bond donors (Lipinski definition) is 0. The molecule has 3 unspecified atom stereocenters. The van der Waals surface area contributed by atoms with Gasteiger partial charge in [0.25, 0.3) is 0 Å². The Labute approximate surface area is 74.5 Å². The molecular formula is C9H19NS. The summed E-state index contributed by atoms with van der Waals surface area (Å²) in [5, 5.41) is 0.773. The second kappa shape index (κ2) is 3.81. The minimum atomic E-state index is 0.773. The van der Waals surface area contributed by atoms with Crippen LogP contribution in [0.2, 0.25) is 0 Å². The van der Waals surface area contributed by atoms with Gasteiger partial charge in [-0.15, -0.1) is 11.8 Å². The van der Waals surface area contributed by atoms with Gasteiger partial charge in [-0.1, -0.05) is 20.3 Å². The van der Waals surface area contributed by atoms with Crippen molar-refractivity contribution in [3.8, 4) is 0 Å². The van der Waals surface area contributed by atoms with Crippen molar-refractivity contribution in [2.75, 3.05) is 12.8 Å². The lowest BCUT2D eigenvalue weighted by atomic mass is 10.1. The molecule has 2 heteroatoms. The molecule has 1 heterocycles. The van der Waals surface area contributed by atoms with Crippen molar-refractivity contribution in [2.24, 2.45) is 5.92 Å². The largest absolute Gasteiger partial charge is 0.291 e. The molecule has 0 aromatic rings. The molecule has 0 N–H and O–H groups in total. The van der Waals surface area contributed by atoms with Crippen molar-refractivity contribution in [3.05, 3.63) is 0 Å². The molecule has 0 saturated carbocycles. The first-order valence-corrected chi connectivity index (χ1v) is 5.55. The molecule has 0 aliphatic carbocycles. The van der Waals surface area contributed by atoms with Gasteiger partial charge in [0.15, 0.2) is 0 Å². The van der Waals surface area contributed by atoms with Crippen molar-refractivity contribution in [1.29, 1.82) is 0 Å².